The second-order valence-electron chi connectivity index (χ2n) is 5.41. The molecule has 1 fully saturated rings. The first kappa shape index (κ1) is 21.4. The molecule has 24 heavy (non-hydrogen) atoms. The predicted molar refractivity (Wildman–Crippen MR) is 107 cm³/mol. The largest absolute Gasteiger partial charge is 0.379 e. The highest BCUT2D eigenvalue weighted by Crippen LogP contribution is 2.11. The van der Waals surface area contributed by atoms with Gasteiger partial charge in [-0.1, -0.05) is 17.7 Å². The normalized spacial score (nSPS) is 17.4. The maximum absolute atomic E-state index is 5.77. The Balaban J connectivity index is 0.00000288. The number of hydrogen-bond donors (Lipinski definition) is 2. The highest BCUT2D eigenvalue weighted by atomic mass is 127. The fourth-order valence-electron chi connectivity index (χ4n) is 2.29. The second-order valence-corrected chi connectivity index (χ2v) is 5.79. The molecule has 8 heteroatoms. The molecule has 0 spiro atoms. The molecule has 0 radical (unpaired) electrons. The summed E-state index contributed by atoms with van der Waals surface area (Å²) in [4.78, 5) is 8.24. The molecule has 0 bridgehead atoms. The van der Waals surface area contributed by atoms with Gasteiger partial charge in [0, 0.05) is 39.5 Å². The number of guanidine groups is 1. The number of aromatic nitrogens is 1. The highest BCUT2D eigenvalue weighted by molar-refractivity contribution is 14.0. The molecule has 1 aromatic rings. The van der Waals surface area contributed by atoms with Gasteiger partial charge in [-0.25, -0.2) is 4.98 Å². The van der Waals surface area contributed by atoms with Crippen LogP contribution in [-0.4, -0.2) is 50.5 Å². The van der Waals surface area contributed by atoms with E-state index in [9.17, 15) is 0 Å². The molecule has 0 aromatic carbocycles. The van der Waals surface area contributed by atoms with Crippen LogP contribution >= 0.6 is 35.6 Å². The number of rotatable bonds is 8. The molecule has 1 saturated heterocycles. The van der Waals surface area contributed by atoms with E-state index in [1.807, 2.05) is 6.07 Å². The summed E-state index contributed by atoms with van der Waals surface area (Å²) in [5.41, 5.74) is 1.05. The summed E-state index contributed by atoms with van der Waals surface area (Å²) in [6.07, 6.45) is 5.25. The molecule has 1 aliphatic heterocycles. The molecule has 0 aliphatic carbocycles. The number of nitrogens with zero attached hydrogens (tertiary/aromatic N) is 2. The Morgan fingerprint density at radius 3 is 3.00 bits per heavy atom. The van der Waals surface area contributed by atoms with Gasteiger partial charge in [0.25, 0.3) is 0 Å². The topological polar surface area (TPSA) is 67.8 Å². The molecule has 1 aromatic heterocycles. The molecule has 2 N–H and O–H groups in total. The molecule has 1 atom stereocenters. The van der Waals surface area contributed by atoms with E-state index in [-0.39, 0.29) is 24.0 Å². The van der Waals surface area contributed by atoms with E-state index in [0.29, 0.717) is 24.4 Å². The minimum Gasteiger partial charge on any atom is -0.379 e. The number of ether oxygens (including phenoxy) is 2. The van der Waals surface area contributed by atoms with E-state index < -0.39 is 0 Å². The zero-order chi connectivity index (χ0) is 16.3. The second kappa shape index (κ2) is 12.7. The van der Waals surface area contributed by atoms with Crippen LogP contribution in [0.3, 0.4) is 0 Å². The van der Waals surface area contributed by atoms with Crippen molar-refractivity contribution in [3.63, 3.8) is 0 Å². The SMILES string of the molecule is CN=C(NCCCOCC1CCCO1)NCc1ccc(Cl)nc1.I. The number of hydrogen-bond acceptors (Lipinski definition) is 4. The minimum atomic E-state index is 0. The average Bonchev–Trinajstić information content (AvgIpc) is 3.08. The highest BCUT2D eigenvalue weighted by Gasteiger charge is 2.14. The van der Waals surface area contributed by atoms with E-state index >= 15 is 0 Å². The van der Waals surface area contributed by atoms with Crippen LogP contribution in [0.2, 0.25) is 5.15 Å². The zero-order valence-corrected chi connectivity index (χ0v) is 17.0. The van der Waals surface area contributed by atoms with Gasteiger partial charge in [-0.05, 0) is 30.9 Å². The van der Waals surface area contributed by atoms with E-state index in [1.54, 1.807) is 19.3 Å². The third-order valence-electron chi connectivity index (χ3n) is 3.56. The Morgan fingerprint density at radius 2 is 2.33 bits per heavy atom. The number of halogens is 2. The van der Waals surface area contributed by atoms with Crippen LogP contribution in [0.1, 0.15) is 24.8 Å². The average molecular weight is 469 g/mol. The van der Waals surface area contributed by atoms with Gasteiger partial charge in [-0.15, -0.1) is 24.0 Å². The Bertz CT molecular complexity index is 481. The quantitative estimate of drug-likeness (QED) is 0.202. The van der Waals surface area contributed by atoms with Crippen molar-refractivity contribution in [2.75, 3.05) is 33.4 Å². The lowest BCUT2D eigenvalue weighted by atomic mass is 10.2. The van der Waals surface area contributed by atoms with Crippen LogP contribution in [0.5, 0.6) is 0 Å². The van der Waals surface area contributed by atoms with Gasteiger partial charge in [0.05, 0.1) is 12.7 Å². The Morgan fingerprint density at radius 1 is 1.46 bits per heavy atom. The monoisotopic (exact) mass is 468 g/mol. The van der Waals surface area contributed by atoms with Gasteiger partial charge in [0.1, 0.15) is 5.15 Å². The van der Waals surface area contributed by atoms with Gasteiger partial charge in [0.2, 0.25) is 0 Å². The lowest BCUT2D eigenvalue weighted by Gasteiger charge is -2.13. The molecule has 6 nitrogen and oxygen atoms in total. The van der Waals surface area contributed by atoms with Crippen LogP contribution in [0.4, 0.5) is 0 Å². The van der Waals surface area contributed by atoms with E-state index in [2.05, 4.69) is 20.6 Å². The molecular formula is C16H26ClIN4O2. The van der Waals surface area contributed by atoms with E-state index in [0.717, 1.165) is 50.5 Å². The lowest BCUT2D eigenvalue weighted by Crippen LogP contribution is -2.37. The molecule has 0 amide bonds. The van der Waals surface area contributed by atoms with Gasteiger partial charge in [-0.3, -0.25) is 4.99 Å². The van der Waals surface area contributed by atoms with Crippen molar-refractivity contribution < 1.29 is 9.47 Å². The van der Waals surface area contributed by atoms with Gasteiger partial charge < -0.3 is 20.1 Å². The van der Waals surface area contributed by atoms with Crippen molar-refractivity contribution in [2.24, 2.45) is 4.99 Å². The van der Waals surface area contributed by atoms with Crippen molar-refractivity contribution in [1.82, 2.24) is 15.6 Å². The van der Waals surface area contributed by atoms with Crippen molar-refractivity contribution >= 4 is 41.5 Å². The number of pyridine rings is 1. The van der Waals surface area contributed by atoms with Crippen molar-refractivity contribution in [1.29, 1.82) is 0 Å². The van der Waals surface area contributed by atoms with Crippen LogP contribution in [0.15, 0.2) is 23.3 Å². The minimum absolute atomic E-state index is 0. The summed E-state index contributed by atoms with van der Waals surface area (Å²) in [5.74, 6) is 0.763. The molecular weight excluding hydrogens is 443 g/mol. The number of aliphatic imine (C=N–C) groups is 1. The third-order valence-corrected chi connectivity index (χ3v) is 3.78. The molecule has 136 valence electrons. The molecule has 2 heterocycles. The standard InChI is InChI=1S/C16H25ClN4O2.HI/c1-18-16(21-11-13-5-6-15(17)20-10-13)19-7-3-8-22-12-14-4-2-9-23-14;/h5-6,10,14H,2-4,7-9,11-12H2,1H3,(H2,18,19,21);1H. The molecule has 1 unspecified atom stereocenters. The molecule has 0 saturated carbocycles. The van der Waals surface area contributed by atoms with Crippen LogP contribution < -0.4 is 10.6 Å². The molecule has 1 aliphatic rings. The summed E-state index contributed by atoms with van der Waals surface area (Å²) in [7, 11) is 1.75. The van der Waals surface area contributed by atoms with Crippen molar-refractivity contribution in [3.05, 3.63) is 29.0 Å². The molecule has 2 rings (SSSR count). The summed E-state index contributed by atoms with van der Waals surface area (Å²) in [5, 5.41) is 7.00. The third kappa shape index (κ3) is 8.46. The van der Waals surface area contributed by atoms with Crippen LogP contribution in [0, 0.1) is 0 Å². The first-order chi connectivity index (χ1) is 11.3. The Hall–Kier alpha value is -0.640. The van der Waals surface area contributed by atoms with Gasteiger partial charge in [0.15, 0.2) is 5.96 Å². The van der Waals surface area contributed by atoms with Crippen molar-refractivity contribution in [2.45, 2.75) is 31.9 Å². The van der Waals surface area contributed by atoms with E-state index in [4.69, 9.17) is 21.1 Å². The van der Waals surface area contributed by atoms with Gasteiger partial charge in [-0.2, -0.15) is 0 Å². The summed E-state index contributed by atoms with van der Waals surface area (Å²) in [6.45, 7) is 3.77. The smallest absolute Gasteiger partial charge is 0.191 e. The van der Waals surface area contributed by atoms with Crippen LogP contribution in [0.25, 0.3) is 0 Å². The van der Waals surface area contributed by atoms with Crippen molar-refractivity contribution in [3.8, 4) is 0 Å². The first-order valence-electron chi connectivity index (χ1n) is 8.02. The maximum Gasteiger partial charge on any atom is 0.191 e. The number of nitrogens with one attached hydrogen (secondary N) is 2. The lowest BCUT2D eigenvalue weighted by molar-refractivity contribution is 0.0168. The maximum atomic E-state index is 5.77. The Kier molecular flexibility index (Phi) is 11.3. The van der Waals surface area contributed by atoms with Crippen LogP contribution in [-0.2, 0) is 16.0 Å². The van der Waals surface area contributed by atoms with Gasteiger partial charge >= 0.3 is 0 Å². The summed E-state index contributed by atoms with van der Waals surface area (Å²) >= 11 is 5.77. The fourth-order valence-corrected chi connectivity index (χ4v) is 2.40. The first-order valence-corrected chi connectivity index (χ1v) is 8.40. The predicted octanol–water partition coefficient (Wildman–Crippen LogP) is 2.60. The summed E-state index contributed by atoms with van der Waals surface area (Å²) in [6, 6.07) is 3.72. The Labute approximate surface area is 165 Å². The summed E-state index contributed by atoms with van der Waals surface area (Å²) < 4.78 is 11.1. The fraction of sp³-hybridized carbons (Fsp3) is 0.625. The zero-order valence-electron chi connectivity index (χ0n) is 14.0. The van der Waals surface area contributed by atoms with E-state index in [1.165, 1.54) is 0 Å².